The number of pyridine rings is 10. The fourth-order valence-corrected chi connectivity index (χ4v) is 8.99. The fraction of sp³-hybridized carbons (Fsp3) is 0.0152. The molecule has 14 aromatic heterocycles. The maximum atomic E-state index is 12.7. The van der Waals surface area contributed by atoms with Gasteiger partial charge in [-0.15, -0.1) is 60.0 Å². The standard InChI is InChI=1S/C17H10ClF3N8.C17H10N6.2C16H12N8/c18-12-7-10(17(19,20)21)8-24-15(12)25-14-5-4-11(9-23-14)29-27-16(26-28-29)13-3-1-2-6-22-13;18-11-12-4-3-6-14(10-12)23-21-17(20-22-23)16-9-8-13-5-1-2-7-15(13)19-16;1-3-9-17-13(5-1)16-21-23-24(22-16)12-7-8-15(19-11-12)20-14-6-2-4-10-18-14;1-2-9-18-14(5-1)16-21-23-24(22-16)13-6-7-15(19-11-13)20-12-4-3-8-17-10-12/h1-9H,(H,23,24,25);1-10H;1-11H,(H,18,19,20);1-11H,(H,19,20). The second kappa shape index (κ2) is 30.2. The van der Waals surface area contributed by atoms with Crippen LogP contribution >= 0.6 is 11.6 Å². The van der Waals surface area contributed by atoms with E-state index in [0.717, 1.165) is 28.5 Å². The van der Waals surface area contributed by atoms with Crippen LogP contribution in [0.3, 0.4) is 0 Å². The Kier molecular flexibility index (Phi) is 19.4. The van der Waals surface area contributed by atoms with Crippen molar-refractivity contribution in [3.63, 3.8) is 0 Å². The number of fused-ring (bicyclic) bond motifs is 1. The first kappa shape index (κ1) is 64.2. The quantitative estimate of drug-likeness (QED) is 0.0910. The van der Waals surface area contributed by atoms with Gasteiger partial charge in [-0.25, -0.2) is 29.9 Å². The molecule has 0 aliphatic rings. The van der Waals surface area contributed by atoms with Crippen LogP contribution in [0.1, 0.15) is 11.1 Å². The van der Waals surface area contributed by atoms with Gasteiger partial charge in [0.25, 0.3) is 0 Å². The van der Waals surface area contributed by atoms with E-state index in [1.807, 2.05) is 140 Å². The zero-order valence-corrected chi connectivity index (χ0v) is 52.0. The van der Waals surface area contributed by atoms with E-state index in [1.54, 1.807) is 92.0 Å². The normalized spacial score (nSPS) is 10.8. The van der Waals surface area contributed by atoms with Gasteiger partial charge in [0.2, 0.25) is 23.3 Å². The number of nitrogens with one attached hydrogen (secondary N) is 3. The van der Waals surface area contributed by atoms with Crippen LogP contribution < -0.4 is 16.0 Å². The number of tetrazole rings is 4. The van der Waals surface area contributed by atoms with Crippen LogP contribution in [-0.2, 0) is 6.18 Å². The van der Waals surface area contributed by atoms with Crippen LogP contribution in [-0.4, -0.2) is 131 Å². The largest absolute Gasteiger partial charge is 0.417 e. The van der Waals surface area contributed by atoms with Crippen molar-refractivity contribution in [3.05, 3.63) is 266 Å². The van der Waals surface area contributed by atoms with Gasteiger partial charge >= 0.3 is 6.18 Å². The summed E-state index contributed by atoms with van der Waals surface area (Å²) in [5.74, 6) is 4.23. The maximum Gasteiger partial charge on any atom is 0.417 e. The van der Waals surface area contributed by atoms with E-state index in [-0.39, 0.29) is 10.8 Å². The van der Waals surface area contributed by atoms with Crippen molar-refractivity contribution in [1.82, 2.24) is 131 Å². The molecule has 0 bridgehead atoms. The average molecular weight is 1350 g/mol. The van der Waals surface area contributed by atoms with Gasteiger partial charge in [-0.3, -0.25) is 19.9 Å². The van der Waals surface area contributed by atoms with Gasteiger partial charge in [-0.05, 0) is 154 Å². The first-order valence-corrected chi connectivity index (χ1v) is 29.9. The van der Waals surface area contributed by atoms with Gasteiger partial charge in [-0.1, -0.05) is 66.2 Å². The zero-order valence-electron chi connectivity index (χ0n) is 51.3. The molecular weight excluding hydrogens is 1310 g/mol. The van der Waals surface area contributed by atoms with Crippen molar-refractivity contribution in [1.29, 1.82) is 5.26 Å². The lowest BCUT2D eigenvalue weighted by Gasteiger charge is -2.10. The SMILES string of the molecule is FC(F)(F)c1cnc(Nc2ccc(-n3nnc(-c4ccccn4)n3)cn2)c(Cl)c1.N#Cc1cccc(-n2nnc(-c3ccc4ccccc4n3)n2)c1.c1ccc(-c2nnn(-c3ccc(Nc4cccnc4)nc3)n2)nc1.c1ccc(Nc2ccc(-n3nnc(-c4ccccn4)n3)cn2)nc1. The van der Waals surface area contributed by atoms with Crippen LogP contribution in [0.5, 0.6) is 0 Å². The number of alkyl halides is 3. The Morgan fingerprint density at radius 2 is 0.890 bits per heavy atom. The Labute approximate surface area is 567 Å². The molecule has 0 fully saturated rings. The third kappa shape index (κ3) is 16.3. The molecule has 14 heterocycles. The predicted octanol–water partition coefficient (Wildman–Crippen LogP) is 11.2. The second-order valence-corrected chi connectivity index (χ2v) is 20.8. The molecule has 0 saturated carbocycles. The van der Waals surface area contributed by atoms with Crippen molar-refractivity contribution in [3.8, 4) is 74.9 Å². The molecule has 16 aromatic rings. The molecule has 30 nitrogen and oxygen atoms in total. The molecule has 0 aliphatic carbocycles. The van der Waals surface area contributed by atoms with Crippen molar-refractivity contribution in [2.24, 2.45) is 0 Å². The number of nitrogens with zero attached hydrogens (tertiary/aromatic N) is 27. The van der Waals surface area contributed by atoms with Crippen LogP contribution in [0.25, 0.3) is 79.7 Å². The van der Waals surface area contributed by atoms with Crippen LogP contribution in [0.4, 0.5) is 47.9 Å². The molecule has 0 radical (unpaired) electrons. The van der Waals surface area contributed by atoms with Crippen molar-refractivity contribution < 1.29 is 13.2 Å². The van der Waals surface area contributed by atoms with Gasteiger partial charge in [0.15, 0.2) is 0 Å². The van der Waals surface area contributed by atoms with Crippen molar-refractivity contribution in [2.75, 3.05) is 16.0 Å². The van der Waals surface area contributed by atoms with E-state index >= 15 is 0 Å². The van der Waals surface area contributed by atoms with Crippen molar-refractivity contribution >= 4 is 57.3 Å². The number of nitriles is 1. The Morgan fingerprint density at radius 3 is 1.37 bits per heavy atom. The number of rotatable bonds is 14. The highest BCUT2D eigenvalue weighted by Gasteiger charge is 2.31. The van der Waals surface area contributed by atoms with Gasteiger partial charge in [0, 0.05) is 42.6 Å². The Morgan fingerprint density at radius 1 is 0.390 bits per heavy atom. The molecule has 34 heteroatoms. The lowest BCUT2D eigenvalue weighted by molar-refractivity contribution is -0.137. The summed E-state index contributed by atoms with van der Waals surface area (Å²) in [4.78, 5) is 47.4. The number of hydrogen-bond acceptors (Lipinski definition) is 26. The summed E-state index contributed by atoms with van der Waals surface area (Å²) in [5, 5.41) is 68.3. The number of aromatic nitrogens is 26. The molecular formula is C66H44ClF3N30. The summed E-state index contributed by atoms with van der Waals surface area (Å²) in [6.45, 7) is 0. The van der Waals surface area contributed by atoms with E-state index < -0.39 is 11.7 Å². The predicted molar refractivity (Wildman–Crippen MR) is 358 cm³/mol. The molecule has 100 heavy (non-hydrogen) atoms. The zero-order chi connectivity index (χ0) is 68.5. The van der Waals surface area contributed by atoms with Gasteiger partial charge in [0.05, 0.1) is 63.9 Å². The fourth-order valence-electron chi connectivity index (χ4n) is 8.77. The molecule has 16 rings (SSSR count). The van der Waals surface area contributed by atoms with Crippen LogP contribution in [0.15, 0.2) is 250 Å². The van der Waals surface area contributed by atoms with E-state index in [2.05, 4.69) is 134 Å². The molecule has 0 saturated heterocycles. The summed E-state index contributed by atoms with van der Waals surface area (Å²) in [5.41, 5.74) is 6.57. The Bertz CT molecular complexity index is 5200. The third-order valence-corrected chi connectivity index (χ3v) is 13.9. The molecule has 0 amide bonds. The Balaban J connectivity index is 0.000000120. The summed E-state index contributed by atoms with van der Waals surface area (Å²) in [6.07, 6.45) is 11.1. The monoisotopic (exact) mass is 1350 g/mol. The van der Waals surface area contributed by atoms with Crippen LogP contribution in [0, 0.1) is 11.3 Å². The van der Waals surface area contributed by atoms with Gasteiger partial charge in [0.1, 0.15) is 68.9 Å². The smallest absolute Gasteiger partial charge is 0.339 e. The minimum absolute atomic E-state index is 0.0521. The molecule has 3 N–H and O–H groups in total. The molecule has 0 spiro atoms. The number of halogens is 4. The summed E-state index contributed by atoms with van der Waals surface area (Å²) < 4.78 is 38.1. The highest BCUT2D eigenvalue weighted by molar-refractivity contribution is 6.33. The number of para-hydroxylation sites is 1. The van der Waals surface area contributed by atoms with Gasteiger partial charge < -0.3 is 16.0 Å². The second-order valence-electron chi connectivity index (χ2n) is 20.4. The summed E-state index contributed by atoms with van der Waals surface area (Å²) >= 11 is 5.88. The lowest BCUT2D eigenvalue weighted by Crippen LogP contribution is -2.07. The first-order chi connectivity index (χ1) is 49.0. The summed E-state index contributed by atoms with van der Waals surface area (Å²) in [7, 11) is 0. The minimum Gasteiger partial charge on any atom is -0.339 e. The van der Waals surface area contributed by atoms with Crippen molar-refractivity contribution in [2.45, 2.75) is 6.18 Å². The van der Waals surface area contributed by atoms with Gasteiger partial charge in [-0.2, -0.15) is 18.4 Å². The Hall–Kier alpha value is -14.6. The number of anilines is 6. The maximum absolute atomic E-state index is 12.7. The highest BCUT2D eigenvalue weighted by atomic mass is 35.5. The van der Waals surface area contributed by atoms with E-state index in [1.165, 1.54) is 25.4 Å². The number of benzene rings is 2. The topological polar surface area (TPSA) is 363 Å². The van der Waals surface area contributed by atoms with E-state index in [0.29, 0.717) is 98.0 Å². The molecule has 0 aliphatic heterocycles. The molecule has 486 valence electrons. The van der Waals surface area contributed by atoms with E-state index in [9.17, 15) is 13.2 Å². The summed E-state index contributed by atoms with van der Waals surface area (Å²) in [6, 6.07) is 58.1. The third-order valence-electron chi connectivity index (χ3n) is 13.6. The average Bonchev–Trinajstić information content (AvgIpc) is 1.60. The molecule has 2 aromatic carbocycles. The molecule has 0 atom stereocenters. The lowest BCUT2D eigenvalue weighted by atomic mass is 10.2. The van der Waals surface area contributed by atoms with E-state index in [4.69, 9.17) is 16.9 Å². The number of hydrogen-bond donors (Lipinski definition) is 3. The molecule has 0 unspecified atom stereocenters. The van der Waals surface area contributed by atoms with Crippen LogP contribution in [0.2, 0.25) is 5.02 Å². The minimum atomic E-state index is -4.52. The first-order valence-electron chi connectivity index (χ1n) is 29.6. The highest BCUT2D eigenvalue weighted by Crippen LogP contribution is 2.33.